The fourth-order valence-corrected chi connectivity index (χ4v) is 0.910. The number of amides is 1. The summed E-state index contributed by atoms with van der Waals surface area (Å²) in [4.78, 5) is 10.7. The molecular formula is C8H15NO. The maximum Gasteiger partial charge on any atom is 0.217 e. The maximum absolute atomic E-state index is 10.7. The monoisotopic (exact) mass is 146 g/mol. The van der Waals surface area contributed by atoms with Crippen LogP contribution in [0.4, 0.5) is 0 Å². The molecule has 0 radical (unpaired) electrons. The van der Waals surface area contributed by atoms with Crippen LogP contribution in [0, 0.1) is 5.92 Å². The van der Waals surface area contributed by atoms with Crippen LogP contribution in [0.25, 0.3) is 0 Å². The zero-order valence-corrected chi connectivity index (χ0v) is 5.66. The van der Waals surface area contributed by atoms with E-state index in [0.29, 0.717) is 0 Å². The lowest BCUT2D eigenvalue weighted by Gasteiger charge is -2.19. The quantitative estimate of drug-likeness (QED) is 0.629. The number of carbonyl (C=O) groups is 1. The molecular weight excluding hydrogens is 126 g/mol. The van der Waals surface area contributed by atoms with Gasteiger partial charge in [0.05, 0.1) is 0 Å². The molecule has 0 aliphatic heterocycles. The first-order valence-electron chi connectivity index (χ1n) is 6.14. The fourth-order valence-electron chi connectivity index (χ4n) is 0.910. The molecule has 2 nitrogen and oxygen atoms in total. The minimum absolute atomic E-state index is 0.139. The third-order valence-corrected chi connectivity index (χ3v) is 1.38. The fraction of sp³-hybridized carbons (Fsp3) is 0.875. The molecule has 1 aliphatic carbocycles. The van der Waals surface area contributed by atoms with Crippen LogP contribution in [0.3, 0.4) is 0 Å². The van der Waals surface area contributed by atoms with Crippen LogP contribution in [0.5, 0.6) is 0 Å². The Hall–Kier alpha value is -0.530. The van der Waals surface area contributed by atoms with Gasteiger partial charge in [-0.1, -0.05) is 19.2 Å². The van der Waals surface area contributed by atoms with Gasteiger partial charge in [-0.3, -0.25) is 4.79 Å². The van der Waals surface area contributed by atoms with E-state index in [-0.39, 0.29) is 6.42 Å². The molecule has 0 heterocycles. The van der Waals surface area contributed by atoms with Gasteiger partial charge in [0.25, 0.3) is 0 Å². The average molecular weight is 146 g/mol. The number of rotatable bonds is 2. The first kappa shape index (κ1) is 3.24. The average Bonchev–Trinajstić information content (AvgIpc) is 2.18. The van der Waals surface area contributed by atoms with Crippen LogP contribution < -0.4 is 5.73 Å². The Balaban J connectivity index is 2.81. The van der Waals surface area contributed by atoms with Gasteiger partial charge < -0.3 is 5.73 Å². The molecule has 0 aromatic rings. The summed E-state index contributed by atoms with van der Waals surface area (Å²) in [6.07, 6.45) is -5.18. The summed E-state index contributed by atoms with van der Waals surface area (Å²) >= 11 is 0. The van der Waals surface area contributed by atoms with Crippen LogP contribution in [0.1, 0.15) is 45.3 Å². The summed E-state index contributed by atoms with van der Waals surface area (Å²) in [5.41, 5.74) is 5.00. The van der Waals surface area contributed by atoms with Crippen molar-refractivity contribution >= 4 is 5.91 Å². The second-order valence-electron chi connectivity index (χ2n) is 2.30. The largest absolute Gasteiger partial charge is 0.370 e. The van der Waals surface area contributed by atoms with Crippen molar-refractivity contribution in [3.63, 3.8) is 0 Å². The number of hydrogen-bond acceptors (Lipinski definition) is 1. The standard InChI is InChI=1S/C8H15NO/c9-8(10)6-7-4-2-1-3-5-7/h7H,1-6H2,(H2,9,10)/i1D,2D,3D,4D,5D. The van der Waals surface area contributed by atoms with E-state index in [2.05, 4.69) is 0 Å². The predicted octanol–water partition coefficient (Wildman–Crippen LogP) is 1.44. The lowest BCUT2D eigenvalue weighted by molar-refractivity contribution is -0.119. The highest BCUT2D eigenvalue weighted by molar-refractivity contribution is 5.73. The summed E-state index contributed by atoms with van der Waals surface area (Å²) in [6, 6.07) is 0. The molecule has 2 heteroatoms. The first-order valence-corrected chi connectivity index (χ1v) is 3.25. The summed E-state index contributed by atoms with van der Waals surface area (Å²) in [6.45, 7) is 0. The topological polar surface area (TPSA) is 43.1 Å². The zero-order chi connectivity index (χ0) is 11.7. The second kappa shape index (κ2) is 3.59. The Kier molecular flexibility index (Phi) is 1.17. The number of carbonyl (C=O) groups excluding carboxylic acids is 1. The zero-order valence-electron chi connectivity index (χ0n) is 10.7. The van der Waals surface area contributed by atoms with E-state index < -0.39 is 43.8 Å². The lowest BCUT2D eigenvalue weighted by atomic mass is 9.87. The molecule has 1 aliphatic rings. The summed E-state index contributed by atoms with van der Waals surface area (Å²) in [7, 11) is 0. The molecule has 1 amide bonds. The molecule has 4 unspecified atom stereocenters. The van der Waals surface area contributed by atoms with Gasteiger partial charge >= 0.3 is 0 Å². The molecule has 0 bridgehead atoms. The van der Waals surface area contributed by atoms with Gasteiger partial charge in [0, 0.05) is 13.3 Å². The van der Waals surface area contributed by atoms with Crippen molar-refractivity contribution in [1.29, 1.82) is 0 Å². The van der Waals surface area contributed by atoms with E-state index in [1.807, 2.05) is 0 Å². The SMILES string of the molecule is [2H]C1C([2H])C([2H])C(CC(N)=O)C([2H])C1[2H]. The number of hydrogen-bond donors (Lipinski definition) is 1. The maximum atomic E-state index is 10.7. The van der Waals surface area contributed by atoms with Crippen molar-refractivity contribution in [3.8, 4) is 0 Å². The van der Waals surface area contributed by atoms with Crippen LogP contribution >= 0.6 is 0 Å². The first-order chi connectivity index (χ1) is 6.86. The molecule has 0 aromatic carbocycles. The van der Waals surface area contributed by atoms with Crippen molar-refractivity contribution < 1.29 is 11.6 Å². The molecule has 0 spiro atoms. The predicted molar refractivity (Wildman–Crippen MR) is 40.4 cm³/mol. The summed E-state index contributed by atoms with van der Waals surface area (Å²) < 4.78 is 37.9. The van der Waals surface area contributed by atoms with E-state index in [0.717, 1.165) is 0 Å². The Morgan fingerprint density at radius 3 is 2.60 bits per heavy atom. The Morgan fingerprint density at radius 1 is 1.50 bits per heavy atom. The number of primary amides is 1. The highest BCUT2D eigenvalue weighted by Gasteiger charge is 2.14. The summed E-state index contributed by atoms with van der Waals surface area (Å²) in [5.74, 6) is -1.30. The van der Waals surface area contributed by atoms with Gasteiger partial charge in [0.2, 0.25) is 5.91 Å². The molecule has 0 saturated heterocycles. The lowest BCUT2D eigenvalue weighted by Crippen LogP contribution is -2.18. The van der Waals surface area contributed by atoms with Crippen LogP contribution in [0.2, 0.25) is 0 Å². The smallest absolute Gasteiger partial charge is 0.217 e. The highest BCUT2D eigenvalue weighted by atomic mass is 16.1. The molecule has 1 saturated carbocycles. The van der Waals surface area contributed by atoms with Crippen LogP contribution in [-0.4, -0.2) is 5.91 Å². The van der Waals surface area contributed by atoms with E-state index in [9.17, 15) is 4.79 Å². The highest BCUT2D eigenvalue weighted by Crippen LogP contribution is 2.25. The minimum Gasteiger partial charge on any atom is -0.370 e. The summed E-state index contributed by atoms with van der Waals surface area (Å²) in [5, 5.41) is 0. The molecule has 4 atom stereocenters. The minimum atomic E-state index is -1.04. The van der Waals surface area contributed by atoms with Crippen molar-refractivity contribution in [2.24, 2.45) is 11.7 Å². The van der Waals surface area contributed by atoms with Gasteiger partial charge in [-0.15, -0.1) is 0 Å². The number of nitrogens with two attached hydrogens (primary N) is 1. The Morgan fingerprint density at radius 2 is 2.10 bits per heavy atom. The van der Waals surface area contributed by atoms with Gasteiger partial charge in [-0.05, 0) is 18.7 Å². The third kappa shape index (κ3) is 2.38. The molecule has 2 N–H and O–H groups in total. The van der Waals surface area contributed by atoms with Crippen molar-refractivity contribution in [1.82, 2.24) is 0 Å². The third-order valence-electron chi connectivity index (χ3n) is 1.38. The molecule has 1 rings (SSSR count). The van der Waals surface area contributed by atoms with Gasteiger partial charge in [-0.25, -0.2) is 0 Å². The molecule has 58 valence electrons. The van der Waals surface area contributed by atoms with E-state index >= 15 is 0 Å². The molecule has 0 aromatic heterocycles. The molecule has 1 fully saturated rings. The van der Waals surface area contributed by atoms with Crippen LogP contribution in [0.15, 0.2) is 0 Å². The van der Waals surface area contributed by atoms with Crippen molar-refractivity contribution in [3.05, 3.63) is 0 Å². The van der Waals surface area contributed by atoms with E-state index in [4.69, 9.17) is 12.6 Å². The van der Waals surface area contributed by atoms with Gasteiger partial charge in [0.15, 0.2) is 0 Å². The van der Waals surface area contributed by atoms with Gasteiger partial charge in [-0.2, -0.15) is 0 Å². The Labute approximate surface area is 68.8 Å². The van der Waals surface area contributed by atoms with Gasteiger partial charge in [0.1, 0.15) is 0 Å². The van der Waals surface area contributed by atoms with E-state index in [1.54, 1.807) is 0 Å². The van der Waals surface area contributed by atoms with Crippen LogP contribution in [-0.2, 0) is 4.79 Å². The Bertz CT molecular complexity index is 235. The molecule has 10 heavy (non-hydrogen) atoms. The van der Waals surface area contributed by atoms with Crippen molar-refractivity contribution in [2.75, 3.05) is 0 Å². The van der Waals surface area contributed by atoms with E-state index in [1.165, 1.54) is 0 Å². The second-order valence-corrected chi connectivity index (χ2v) is 2.30. The van der Waals surface area contributed by atoms with Crippen molar-refractivity contribution in [2.45, 2.75) is 38.4 Å². The normalized spacial score (nSPS) is 70.2.